The molecule has 0 bridgehead atoms. The SMILES string of the molecule is CCCC(OC)C(=O)Nc1ccnc(C(N)=O)c1.CNCCCOc1ccccc1F. The zero-order chi connectivity index (χ0) is 23.1. The maximum Gasteiger partial charge on any atom is 0.267 e. The van der Waals surface area contributed by atoms with Crippen LogP contribution in [0, 0.1) is 5.82 Å². The molecule has 0 aliphatic carbocycles. The van der Waals surface area contributed by atoms with Gasteiger partial charge in [0.2, 0.25) is 0 Å². The van der Waals surface area contributed by atoms with E-state index in [0.29, 0.717) is 24.5 Å². The molecule has 170 valence electrons. The Labute approximate surface area is 182 Å². The topological polar surface area (TPSA) is 116 Å². The molecule has 0 radical (unpaired) electrons. The molecule has 0 saturated carbocycles. The highest BCUT2D eigenvalue weighted by molar-refractivity contribution is 5.96. The van der Waals surface area contributed by atoms with Gasteiger partial charge < -0.3 is 25.8 Å². The Hall–Kier alpha value is -3.04. The number of methoxy groups -OCH3 is 1. The molecule has 0 aliphatic rings. The zero-order valence-corrected chi connectivity index (χ0v) is 18.2. The summed E-state index contributed by atoms with van der Waals surface area (Å²) in [6.07, 6.45) is 3.27. The molecule has 1 aromatic heterocycles. The zero-order valence-electron chi connectivity index (χ0n) is 18.2. The van der Waals surface area contributed by atoms with Crippen molar-refractivity contribution in [3.8, 4) is 5.75 Å². The summed E-state index contributed by atoms with van der Waals surface area (Å²) in [4.78, 5) is 26.6. The first-order valence-corrected chi connectivity index (χ1v) is 10.0. The molecule has 0 saturated heterocycles. The summed E-state index contributed by atoms with van der Waals surface area (Å²) in [6.45, 7) is 3.40. The fraction of sp³-hybridized carbons (Fsp3) is 0.409. The van der Waals surface area contributed by atoms with Crippen molar-refractivity contribution < 1.29 is 23.5 Å². The number of pyridine rings is 1. The molecule has 2 rings (SSSR count). The van der Waals surface area contributed by atoms with Crippen LogP contribution < -0.4 is 21.1 Å². The number of aromatic nitrogens is 1. The summed E-state index contributed by atoms with van der Waals surface area (Å²) >= 11 is 0. The van der Waals surface area contributed by atoms with Crippen molar-refractivity contribution >= 4 is 17.5 Å². The maximum absolute atomic E-state index is 13.0. The van der Waals surface area contributed by atoms with Crippen molar-refractivity contribution in [3.63, 3.8) is 0 Å². The minimum atomic E-state index is -0.636. The molecule has 2 amide bonds. The van der Waals surface area contributed by atoms with Crippen molar-refractivity contribution in [1.82, 2.24) is 10.3 Å². The second-order valence-electron chi connectivity index (χ2n) is 6.53. The number of hydrogen-bond donors (Lipinski definition) is 3. The largest absolute Gasteiger partial charge is 0.490 e. The maximum atomic E-state index is 13.0. The van der Waals surface area contributed by atoms with Gasteiger partial charge in [0.25, 0.3) is 11.8 Å². The standard InChI is InChI=1S/C12H17N3O3.C10H14FNO/c1-3-4-10(18-2)12(17)15-8-5-6-14-9(7-8)11(13)16;1-12-7-4-8-13-10-6-3-2-5-9(10)11/h5-7,10H,3-4H2,1-2H3,(H2,13,16)(H,14,15,17);2-3,5-6,12H,4,7-8H2,1H3. The van der Waals surface area contributed by atoms with Gasteiger partial charge in [-0.1, -0.05) is 25.5 Å². The Morgan fingerprint density at radius 1 is 1.26 bits per heavy atom. The van der Waals surface area contributed by atoms with Crippen LogP contribution in [0.4, 0.5) is 10.1 Å². The number of nitrogens with two attached hydrogens (primary N) is 1. The third-order valence-corrected chi connectivity index (χ3v) is 4.07. The molecule has 1 aromatic carbocycles. The van der Waals surface area contributed by atoms with E-state index in [0.717, 1.165) is 19.4 Å². The van der Waals surface area contributed by atoms with Crippen LogP contribution in [0.5, 0.6) is 5.75 Å². The van der Waals surface area contributed by atoms with Gasteiger partial charge in [0, 0.05) is 19.0 Å². The number of anilines is 1. The van der Waals surface area contributed by atoms with Gasteiger partial charge in [-0.25, -0.2) is 4.39 Å². The van der Waals surface area contributed by atoms with Gasteiger partial charge >= 0.3 is 0 Å². The Kier molecular flexibility index (Phi) is 12.5. The monoisotopic (exact) mass is 434 g/mol. The van der Waals surface area contributed by atoms with E-state index in [1.165, 1.54) is 25.4 Å². The van der Waals surface area contributed by atoms with Crippen LogP contribution in [0.25, 0.3) is 0 Å². The number of carbonyl (C=O) groups is 2. The van der Waals surface area contributed by atoms with Gasteiger partial charge in [-0.3, -0.25) is 14.6 Å². The smallest absolute Gasteiger partial charge is 0.267 e. The van der Waals surface area contributed by atoms with Gasteiger partial charge in [-0.15, -0.1) is 0 Å². The van der Waals surface area contributed by atoms with Gasteiger partial charge in [-0.2, -0.15) is 0 Å². The van der Waals surface area contributed by atoms with Crippen LogP contribution in [0.15, 0.2) is 42.6 Å². The third-order valence-electron chi connectivity index (χ3n) is 4.07. The molecular weight excluding hydrogens is 403 g/mol. The van der Waals surface area contributed by atoms with E-state index in [-0.39, 0.29) is 17.4 Å². The third kappa shape index (κ3) is 10.0. The fourth-order valence-corrected chi connectivity index (χ4v) is 2.48. The minimum Gasteiger partial charge on any atom is -0.490 e. The van der Waals surface area contributed by atoms with E-state index in [9.17, 15) is 14.0 Å². The first kappa shape index (κ1) is 26.0. The van der Waals surface area contributed by atoms with Crippen molar-refractivity contribution in [3.05, 3.63) is 54.1 Å². The van der Waals surface area contributed by atoms with Gasteiger partial charge in [-0.05, 0) is 50.7 Å². The van der Waals surface area contributed by atoms with E-state index in [1.54, 1.807) is 24.3 Å². The lowest BCUT2D eigenvalue weighted by molar-refractivity contribution is -0.126. The fourth-order valence-electron chi connectivity index (χ4n) is 2.48. The Morgan fingerprint density at radius 3 is 2.61 bits per heavy atom. The highest BCUT2D eigenvalue weighted by atomic mass is 19.1. The average Bonchev–Trinajstić information content (AvgIpc) is 2.76. The molecule has 4 N–H and O–H groups in total. The van der Waals surface area contributed by atoms with Crippen molar-refractivity contribution in [2.45, 2.75) is 32.3 Å². The number of para-hydroxylation sites is 1. The number of amides is 2. The molecule has 2 aromatic rings. The molecule has 0 spiro atoms. The predicted octanol–water partition coefficient (Wildman–Crippen LogP) is 2.75. The second-order valence-corrected chi connectivity index (χ2v) is 6.53. The number of nitrogens with one attached hydrogen (secondary N) is 2. The summed E-state index contributed by atoms with van der Waals surface area (Å²) in [6, 6.07) is 9.45. The number of primary amides is 1. The molecule has 9 heteroatoms. The van der Waals surface area contributed by atoms with Crippen LogP contribution in [-0.4, -0.2) is 50.2 Å². The lowest BCUT2D eigenvalue weighted by Crippen LogP contribution is -2.29. The molecule has 0 fully saturated rings. The highest BCUT2D eigenvalue weighted by Gasteiger charge is 2.17. The molecule has 8 nitrogen and oxygen atoms in total. The molecule has 31 heavy (non-hydrogen) atoms. The Bertz CT molecular complexity index is 820. The number of ether oxygens (including phenoxy) is 2. The van der Waals surface area contributed by atoms with Crippen molar-refractivity contribution in [2.24, 2.45) is 5.73 Å². The van der Waals surface area contributed by atoms with E-state index in [1.807, 2.05) is 14.0 Å². The summed E-state index contributed by atoms with van der Waals surface area (Å²) in [7, 11) is 3.37. The predicted molar refractivity (Wildman–Crippen MR) is 118 cm³/mol. The normalized spacial score (nSPS) is 11.1. The lowest BCUT2D eigenvalue weighted by Gasteiger charge is -2.14. The van der Waals surface area contributed by atoms with Gasteiger partial charge in [0.15, 0.2) is 11.6 Å². The summed E-state index contributed by atoms with van der Waals surface area (Å²) in [5.74, 6) is -0.852. The van der Waals surface area contributed by atoms with Gasteiger partial charge in [0.1, 0.15) is 11.8 Å². The van der Waals surface area contributed by atoms with E-state index >= 15 is 0 Å². The van der Waals surface area contributed by atoms with Crippen LogP contribution in [0.1, 0.15) is 36.7 Å². The number of benzene rings is 1. The van der Waals surface area contributed by atoms with Crippen LogP contribution in [0.3, 0.4) is 0 Å². The first-order chi connectivity index (χ1) is 14.9. The summed E-state index contributed by atoms with van der Waals surface area (Å²) in [5.41, 5.74) is 5.69. The quantitative estimate of drug-likeness (QED) is 0.469. The molecule has 1 unspecified atom stereocenters. The van der Waals surface area contributed by atoms with Crippen molar-refractivity contribution in [2.75, 3.05) is 32.6 Å². The number of nitrogens with zero attached hydrogens (tertiary/aromatic N) is 1. The first-order valence-electron chi connectivity index (χ1n) is 10.0. The van der Waals surface area contributed by atoms with Crippen LogP contribution in [-0.2, 0) is 9.53 Å². The van der Waals surface area contributed by atoms with E-state index in [2.05, 4.69) is 15.6 Å². The number of carbonyl (C=O) groups excluding carboxylic acids is 2. The Morgan fingerprint density at radius 2 is 2.00 bits per heavy atom. The molecular formula is C22H31FN4O4. The van der Waals surface area contributed by atoms with E-state index in [4.69, 9.17) is 15.2 Å². The minimum absolute atomic E-state index is 0.109. The lowest BCUT2D eigenvalue weighted by atomic mass is 10.2. The van der Waals surface area contributed by atoms with Crippen LogP contribution in [0.2, 0.25) is 0 Å². The molecule has 1 atom stereocenters. The summed E-state index contributed by atoms with van der Waals surface area (Å²) in [5, 5.41) is 5.66. The summed E-state index contributed by atoms with van der Waals surface area (Å²) < 4.78 is 23.3. The van der Waals surface area contributed by atoms with Crippen molar-refractivity contribution in [1.29, 1.82) is 0 Å². The van der Waals surface area contributed by atoms with Gasteiger partial charge in [0.05, 0.1) is 6.61 Å². The average molecular weight is 435 g/mol. The van der Waals surface area contributed by atoms with Crippen LogP contribution >= 0.6 is 0 Å². The van der Waals surface area contributed by atoms with E-state index < -0.39 is 12.0 Å². The molecule has 0 aliphatic heterocycles. The number of rotatable bonds is 11. The second kappa shape index (κ2) is 14.9. The molecule has 1 heterocycles. The number of hydrogen-bond acceptors (Lipinski definition) is 6. The Balaban J connectivity index is 0.000000327. The highest BCUT2D eigenvalue weighted by Crippen LogP contribution is 2.15. The number of halogens is 1.